The Morgan fingerprint density at radius 3 is 3.08 bits per heavy atom. The Labute approximate surface area is 72.9 Å². The minimum Gasteiger partial charge on any atom is -0.339 e. The number of rotatable bonds is 2. The van der Waals surface area contributed by atoms with Gasteiger partial charge in [0, 0.05) is 18.5 Å². The van der Waals surface area contributed by atoms with Crippen LogP contribution in [-0.4, -0.2) is 29.9 Å². The molecule has 2 saturated heterocycles. The van der Waals surface area contributed by atoms with Crippen molar-refractivity contribution in [1.82, 2.24) is 4.90 Å². The van der Waals surface area contributed by atoms with Crippen LogP contribution in [0.15, 0.2) is 0 Å². The zero-order chi connectivity index (χ0) is 8.55. The highest BCUT2D eigenvalue weighted by Crippen LogP contribution is 2.33. The highest BCUT2D eigenvalue weighted by Gasteiger charge is 2.40. The second-order valence-electron chi connectivity index (χ2n) is 3.84. The van der Waals surface area contributed by atoms with Gasteiger partial charge in [0.25, 0.3) is 0 Å². The average molecular weight is 168 g/mol. The summed E-state index contributed by atoms with van der Waals surface area (Å²) in [5.41, 5.74) is 5.45. The summed E-state index contributed by atoms with van der Waals surface area (Å²) in [5.74, 6) is 0.614. The first-order chi connectivity index (χ1) is 5.83. The van der Waals surface area contributed by atoms with E-state index in [1.165, 1.54) is 12.8 Å². The molecule has 0 bridgehead atoms. The average Bonchev–Trinajstić information content (AvgIpc) is 2.58. The minimum absolute atomic E-state index is 0.250. The van der Waals surface area contributed by atoms with Crippen LogP contribution in [0.5, 0.6) is 0 Å². The summed E-state index contributed by atoms with van der Waals surface area (Å²) >= 11 is 0. The van der Waals surface area contributed by atoms with Gasteiger partial charge >= 0.3 is 0 Å². The van der Waals surface area contributed by atoms with Crippen molar-refractivity contribution in [1.29, 1.82) is 0 Å². The van der Waals surface area contributed by atoms with Gasteiger partial charge in [0.05, 0.1) is 0 Å². The van der Waals surface area contributed by atoms with Crippen LogP contribution in [0.1, 0.15) is 25.7 Å². The normalized spacial score (nSPS) is 34.4. The van der Waals surface area contributed by atoms with Gasteiger partial charge in [0.2, 0.25) is 5.91 Å². The predicted octanol–water partition coefficient (Wildman–Crippen LogP) is 0.346. The van der Waals surface area contributed by atoms with Crippen molar-refractivity contribution in [3.8, 4) is 0 Å². The third kappa shape index (κ3) is 1.12. The number of amides is 1. The number of hydrogen-bond donors (Lipinski definition) is 1. The number of fused-ring (bicyclic) bond motifs is 1. The van der Waals surface area contributed by atoms with Crippen LogP contribution >= 0.6 is 0 Å². The molecule has 0 saturated carbocycles. The lowest BCUT2D eigenvalue weighted by molar-refractivity contribution is -0.131. The Kier molecular flexibility index (Phi) is 2.05. The van der Waals surface area contributed by atoms with Crippen LogP contribution in [0.3, 0.4) is 0 Å². The lowest BCUT2D eigenvalue weighted by atomic mass is 10.00. The molecular weight excluding hydrogens is 152 g/mol. The van der Waals surface area contributed by atoms with Crippen LogP contribution < -0.4 is 5.73 Å². The van der Waals surface area contributed by atoms with E-state index in [9.17, 15) is 4.79 Å². The summed E-state index contributed by atoms with van der Waals surface area (Å²) in [6.07, 6.45) is 4.36. The molecule has 2 heterocycles. The molecule has 1 amide bonds. The zero-order valence-corrected chi connectivity index (χ0v) is 7.33. The van der Waals surface area contributed by atoms with Gasteiger partial charge in [-0.3, -0.25) is 4.79 Å². The molecule has 0 radical (unpaired) electrons. The SMILES string of the molecule is NCCC1CC2CCCN2C1=O. The molecule has 12 heavy (non-hydrogen) atoms. The van der Waals surface area contributed by atoms with Crippen LogP contribution in [0.2, 0.25) is 0 Å². The molecule has 3 nitrogen and oxygen atoms in total. The zero-order valence-electron chi connectivity index (χ0n) is 7.33. The van der Waals surface area contributed by atoms with Crippen molar-refractivity contribution in [2.24, 2.45) is 11.7 Å². The van der Waals surface area contributed by atoms with E-state index >= 15 is 0 Å². The first-order valence-electron chi connectivity index (χ1n) is 4.83. The second-order valence-corrected chi connectivity index (χ2v) is 3.84. The second kappa shape index (κ2) is 3.05. The van der Waals surface area contributed by atoms with Gasteiger partial charge < -0.3 is 10.6 Å². The van der Waals surface area contributed by atoms with Crippen LogP contribution in [-0.2, 0) is 4.79 Å². The molecule has 68 valence electrons. The van der Waals surface area contributed by atoms with Crippen LogP contribution in [0, 0.1) is 5.92 Å². The molecule has 0 aromatic rings. The molecule has 2 aliphatic heterocycles. The van der Waals surface area contributed by atoms with Crippen molar-refractivity contribution in [2.45, 2.75) is 31.7 Å². The summed E-state index contributed by atoms with van der Waals surface area (Å²) in [7, 11) is 0. The highest BCUT2D eigenvalue weighted by atomic mass is 16.2. The molecular formula is C9H16N2O. The fraction of sp³-hybridized carbons (Fsp3) is 0.889. The maximum Gasteiger partial charge on any atom is 0.226 e. The smallest absolute Gasteiger partial charge is 0.226 e. The van der Waals surface area contributed by atoms with Gasteiger partial charge in [-0.15, -0.1) is 0 Å². The highest BCUT2D eigenvalue weighted by molar-refractivity contribution is 5.81. The Hall–Kier alpha value is -0.570. The summed E-state index contributed by atoms with van der Waals surface area (Å²) in [5, 5.41) is 0. The Morgan fingerprint density at radius 1 is 1.58 bits per heavy atom. The van der Waals surface area contributed by atoms with Crippen molar-refractivity contribution in [3.63, 3.8) is 0 Å². The number of carbonyl (C=O) groups is 1. The Morgan fingerprint density at radius 2 is 2.42 bits per heavy atom. The maximum absolute atomic E-state index is 11.6. The molecule has 3 heteroatoms. The van der Waals surface area contributed by atoms with Gasteiger partial charge in [-0.05, 0) is 32.2 Å². The van der Waals surface area contributed by atoms with Gasteiger partial charge in [-0.1, -0.05) is 0 Å². The van der Waals surface area contributed by atoms with E-state index in [-0.39, 0.29) is 5.92 Å². The van der Waals surface area contributed by atoms with Gasteiger partial charge in [-0.2, -0.15) is 0 Å². The molecule has 0 aliphatic carbocycles. The lowest BCUT2D eigenvalue weighted by Gasteiger charge is -2.14. The van der Waals surface area contributed by atoms with E-state index < -0.39 is 0 Å². The summed E-state index contributed by atoms with van der Waals surface area (Å²) < 4.78 is 0. The molecule has 2 atom stereocenters. The van der Waals surface area contributed by atoms with E-state index in [0.29, 0.717) is 18.5 Å². The van der Waals surface area contributed by atoms with E-state index in [4.69, 9.17) is 5.73 Å². The molecule has 2 N–H and O–H groups in total. The van der Waals surface area contributed by atoms with Crippen LogP contribution in [0.25, 0.3) is 0 Å². The third-order valence-corrected chi connectivity index (χ3v) is 3.08. The first kappa shape index (κ1) is 8.05. The van der Waals surface area contributed by atoms with E-state index in [1.54, 1.807) is 0 Å². The van der Waals surface area contributed by atoms with E-state index in [0.717, 1.165) is 19.4 Å². The van der Waals surface area contributed by atoms with Crippen molar-refractivity contribution in [2.75, 3.05) is 13.1 Å². The van der Waals surface area contributed by atoms with E-state index in [1.807, 2.05) is 0 Å². The number of nitrogens with two attached hydrogens (primary N) is 1. The predicted molar refractivity (Wildman–Crippen MR) is 46.5 cm³/mol. The standard InChI is InChI=1S/C9H16N2O/c10-4-3-7-6-8-2-1-5-11(8)9(7)12/h7-8H,1-6,10H2. The molecule has 0 spiro atoms. The molecule has 2 aliphatic rings. The third-order valence-electron chi connectivity index (χ3n) is 3.08. The Balaban J connectivity index is 2.01. The fourth-order valence-electron chi connectivity index (χ4n) is 2.48. The number of hydrogen-bond acceptors (Lipinski definition) is 2. The number of carbonyl (C=O) groups excluding carboxylic acids is 1. The van der Waals surface area contributed by atoms with Gasteiger partial charge in [-0.25, -0.2) is 0 Å². The quantitative estimate of drug-likeness (QED) is 0.646. The Bertz CT molecular complexity index is 193. The lowest BCUT2D eigenvalue weighted by Crippen LogP contribution is -2.29. The fourth-order valence-corrected chi connectivity index (χ4v) is 2.48. The molecule has 2 unspecified atom stereocenters. The summed E-state index contributed by atoms with van der Waals surface area (Å²) in [6.45, 7) is 1.64. The van der Waals surface area contributed by atoms with Gasteiger partial charge in [0.15, 0.2) is 0 Å². The molecule has 2 rings (SSSR count). The van der Waals surface area contributed by atoms with E-state index in [2.05, 4.69) is 4.90 Å². The van der Waals surface area contributed by atoms with Crippen LogP contribution in [0.4, 0.5) is 0 Å². The maximum atomic E-state index is 11.6. The molecule has 0 aromatic carbocycles. The van der Waals surface area contributed by atoms with Crippen molar-refractivity contribution < 1.29 is 4.79 Å². The minimum atomic E-state index is 0.250. The largest absolute Gasteiger partial charge is 0.339 e. The van der Waals surface area contributed by atoms with Crippen molar-refractivity contribution in [3.05, 3.63) is 0 Å². The molecule has 0 aromatic heterocycles. The molecule has 2 fully saturated rings. The summed E-state index contributed by atoms with van der Waals surface area (Å²) in [4.78, 5) is 13.7. The topological polar surface area (TPSA) is 46.3 Å². The first-order valence-corrected chi connectivity index (χ1v) is 4.83. The monoisotopic (exact) mass is 168 g/mol. The number of nitrogens with zero attached hydrogens (tertiary/aromatic N) is 1. The van der Waals surface area contributed by atoms with Crippen molar-refractivity contribution >= 4 is 5.91 Å². The summed E-state index contributed by atoms with van der Waals surface area (Å²) in [6, 6.07) is 0.564. The van der Waals surface area contributed by atoms with Gasteiger partial charge in [0.1, 0.15) is 0 Å².